The Bertz CT molecular complexity index is 1290. The van der Waals surface area contributed by atoms with E-state index < -0.39 is 17.6 Å². The zero-order valence-electron chi connectivity index (χ0n) is 18.1. The van der Waals surface area contributed by atoms with Gasteiger partial charge in [-0.05, 0) is 42.8 Å². The van der Waals surface area contributed by atoms with E-state index in [-0.39, 0.29) is 22.0 Å². The SMILES string of the molecule is COc1ccc(NC2=C(c3ccc(C)cc3)C(=O)N(c3ccc(F)c(Cl)c3)C2=O)cc1OC. The highest BCUT2D eigenvalue weighted by Gasteiger charge is 2.40. The van der Waals surface area contributed by atoms with Crippen LogP contribution in [0.2, 0.25) is 5.02 Å². The number of amides is 2. The lowest BCUT2D eigenvalue weighted by Crippen LogP contribution is -2.32. The Morgan fingerprint density at radius 1 is 0.879 bits per heavy atom. The number of benzene rings is 3. The van der Waals surface area contributed by atoms with Gasteiger partial charge in [0.25, 0.3) is 11.8 Å². The minimum atomic E-state index is -0.644. The van der Waals surface area contributed by atoms with E-state index in [1.807, 2.05) is 19.1 Å². The summed E-state index contributed by atoms with van der Waals surface area (Å²) in [6.07, 6.45) is 0. The number of hydrogen-bond donors (Lipinski definition) is 1. The molecule has 168 valence electrons. The molecule has 8 heteroatoms. The first kappa shape index (κ1) is 22.4. The van der Waals surface area contributed by atoms with Crippen molar-refractivity contribution in [3.63, 3.8) is 0 Å². The van der Waals surface area contributed by atoms with E-state index in [9.17, 15) is 14.0 Å². The highest BCUT2D eigenvalue weighted by atomic mass is 35.5. The van der Waals surface area contributed by atoms with Crippen LogP contribution in [0.4, 0.5) is 15.8 Å². The lowest BCUT2D eigenvalue weighted by Gasteiger charge is -2.16. The molecule has 0 atom stereocenters. The van der Waals surface area contributed by atoms with Gasteiger partial charge in [-0.3, -0.25) is 9.59 Å². The normalized spacial score (nSPS) is 13.5. The van der Waals surface area contributed by atoms with Crippen molar-refractivity contribution < 1.29 is 23.5 Å². The van der Waals surface area contributed by atoms with Gasteiger partial charge in [0.05, 0.1) is 30.5 Å². The third-order valence-corrected chi connectivity index (χ3v) is 5.53. The van der Waals surface area contributed by atoms with E-state index in [4.69, 9.17) is 21.1 Å². The summed E-state index contributed by atoms with van der Waals surface area (Å²) in [5, 5.41) is 2.87. The fourth-order valence-electron chi connectivity index (χ4n) is 3.55. The van der Waals surface area contributed by atoms with E-state index in [0.717, 1.165) is 16.5 Å². The molecule has 0 aliphatic carbocycles. The quantitative estimate of drug-likeness (QED) is 0.506. The monoisotopic (exact) mass is 466 g/mol. The zero-order valence-corrected chi connectivity index (χ0v) is 18.9. The van der Waals surface area contributed by atoms with Crippen LogP contribution in [0.3, 0.4) is 0 Å². The maximum atomic E-state index is 13.7. The molecule has 0 spiro atoms. The van der Waals surface area contributed by atoms with Gasteiger partial charge >= 0.3 is 0 Å². The van der Waals surface area contributed by atoms with Crippen LogP contribution in [-0.2, 0) is 9.59 Å². The lowest BCUT2D eigenvalue weighted by atomic mass is 10.0. The summed E-state index contributed by atoms with van der Waals surface area (Å²) in [5.74, 6) is -0.802. The maximum Gasteiger partial charge on any atom is 0.282 e. The van der Waals surface area contributed by atoms with Crippen LogP contribution in [0.15, 0.2) is 66.4 Å². The van der Waals surface area contributed by atoms with Gasteiger partial charge in [0.15, 0.2) is 11.5 Å². The van der Waals surface area contributed by atoms with Crippen molar-refractivity contribution in [2.24, 2.45) is 0 Å². The van der Waals surface area contributed by atoms with Gasteiger partial charge in [-0.1, -0.05) is 41.4 Å². The Kier molecular flexibility index (Phi) is 6.07. The molecule has 6 nitrogen and oxygen atoms in total. The van der Waals surface area contributed by atoms with E-state index in [2.05, 4.69) is 5.32 Å². The Morgan fingerprint density at radius 2 is 1.58 bits per heavy atom. The van der Waals surface area contributed by atoms with Crippen LogP contribution < -0.4 is 19.7 Å². The fraction of sp³-hybridized carbons (Fsp3) is 0.120. The van der Waals surface area contributed by atoms with Crippen LogP contribution in [-0.4, -0.2) is 26.0 Å². The van der Waals surface area contributed by atoms with Gasteiger partial charge in [0.1, 0.15) is 11.5 Å². The molecule has 0 aromatic heterocycles. The first-order valence-corrected chi connectivity index (χ1v) is 10.4. The topological polar surface area (TPSA) is 67.9 Å². The Labute approximate surface area is 195 Å². The minimum absolute atomic E-state index is 0.0801. The molecular weight excluding hydrogens is 447 g/mol. The van der Waals surface area contributed by atoms with E-state index in [0.29, 0.717) is 22.7 Å². The average Bonchev–Trinajstić information content (AvgIpc) is 3.05. The number of ether oxygens (including phenoxy) is 2. The largest absolute Gasteiger partial charge is 0.493 e. The average molecular weight is 467 g/mol. The second-order valence-electron chi connectivity index (χ2n) is 7.35. The molecule has 1 heterocycles. The van der Waals surface area contributed by atoms with Crippen LogP contribution in [0.25, 0.3) is 5.57 Å². The van der Waals surface area contributed by atoms with Crippen LogP contribution in [0.1, 0.15) is 11.1 Å². The highest BCUT2D eigenvalue weighted by Crippen LogP contribution is 2.36. The number of halogens is 2. The summed E-state index contributed by atoms with van der Waals surface area (Å²) >= 11 is 5.91. The number of methoxy groups -OCH3 is 2. The van der Waals surface area contributed by atoms with Crippen LogP contribution in [0, 0.1) is 12.7 Å². The summed E-state index contributed by atoms with van der Waals surface area (Å²) in [7, 11) is 3.02. The first-order chi connectivity index (χ1) is 15.8. The number of nitrogens with zero attached hydrogens (tertiary/aromatic N) is 1. The molecule has 3 aromatic carbocycles. The number of nitrogens with one attached hydrogen (secondary N) is 1. The summed E-state index contributed by atoms with van der Waals surface area (Å²) in [5.41, 5.74) is 2.54. The van der Waals surface area contributed by atoms with E-state index >= 15 is 0 Å². The number of rotatable bonds is 6. The molecule has 1 aliphatic heterocycles. The third-order valence-electron chi connectivity index (χ3n) is 5.24. The molecule has 0 bridgehead atoms. The van der Waals surface area contributed by atoms with Crippen molar-refractivity contribution in [2.75, 3.05) is 24.4 Å². The minimum Gasteiger partial charge on any atom is -0.493 e. The molecule has 4 rings (SSSR count). The Morgan fingerprint density at radius 3 is 2.21 bits per heavy atom. The number of carbonyl (C=O) groups excluding carboxylic acids is 2. The Hall–Kier alpha value is -3.84. The molecule has 33 heavy (non-hydrogen) atoms. The molecule has 0 unspecified atom stereocenters. The van der Waals surface area contributed by atoms with Crippen LogP contribution >= 0.6 is 11.6 Å². The molecule has 1 N–H and O–H groups in total. The molecule has 0 saturated heterocycles. The third kappa shape index (κ3) is 4.15. The zero-order chi connectivity index (χ0) is 23.7. The first-order valence-electron chi connectivity index (χ1n) is 9.98. The summed E-state index contributed by atoms with van der Waals surface area (Å²) in [6.45, 7) is 1.93. The molecular formula is C25H20ClFN2O4. The summed E-state index contributed by atoms with van der Waals surface area (Å²) in [4.78, 5) is 27.9. The van der Waals surface area contributed by atoms with Crippen molar-refractivity contribution in [2.45, 2.75) is 6.92 Å². The second-order valence-corrected chi connectivity index (χ2v) is 7.76. The van der Waals surface area contributed by atoms with E-state index in [1.54, 1.807) is 30.3 Å². The number of anilines is 2. The number of aryl methyl sites for hydroxylation is 1. The molecule has 2 amide bonds. The maximum absolute atomic E-state index is 13.7. The number of hydrogen-bond acceptors (Lipinski definition) is 5. The van der Waals surface area contributed by atoms with Gasteiger partial charge in [-0.25, -0.2) is 9.29 Å². The summed E-state index contributed by atoms with van der Waals surface area (Å²) in [6, 6.07) is 16.0. The predicted octanol–water partition coefficient (Wildman–Crippen LogP) is 5.20. The standard InChI is InChI=1S/C25H20ClFN2O4/c1-14-4-6-15(7-5-14)22-23(28-16-8-11-20(32-2)21(12-16)33-3)25(31)29(24(22)30)17-9-10-19(27)18(26)13-17/h4-13,28H,1-3H3. The van der Waals surface area contributed by atoms with Crippen molar-refractivity contribution in [3.05, 3.63) is 88.3 Å². The molecule has 0 saturated carbocycles. The highest BCUT2D eigenvalue weighted by molar-refractivity contribution is 6.46. The smallest absolute Gasteiger partial charge is 0.282 e. The molecule has 1 aliphatic rings. The van der Waals surface area contributed by atoms with Gasteiger partial charge in [0.2, 0.25) is 0 Å². The summed E-state index contributed by atoms with van der Waals surface area (Å²) < 4.78 is 24.3. The van der Waals surface area contributed by atoms with Crippen molar-refractivity contribution >= 4 is 40.4 Å². The van der Waals surface area contributed by atoms with Gasteiger partial charge < -0.3 is 14.8 Å². The Balaban J connectivity index is 1.82. The number of carbonyl (C=O) groups is 2. The van der Waals surface area contributed by atoms with Crippen molar-refractivity contribution in [3.8, 4) is 11.5 Å². The van der Waals surface area contributed by atoms with Gasteiger partial charge in [-0.15, -0.1) is 0 Å². The lowest BCUT2D eigenvalue weighted by molar-refractivity contribution is -0.120. The fourth-order valence-corrected chi connectivity index (χ4v) is 3.73. The molecule has 0 fully saturated rings. The molecule has 0 radical (unpaired) electrons. The van der Waals surface area contributed by atoms with Crippen LogP contribution in [0.5, 0.6) is 11.5 Å². The van der Waals surface area contributed by atoms with Crippen molar-refractivity contribution in [1.29, 1.82) is 0 Å². The molecule has 3 aromatic rings. The second kappa shape index (κ2) is 8.96. The van der Waals surface area contributed by atoms with E-state index in [1.165, 1.54) is 26.4 Å². The van der Waals surface area contributed by atoms with Gasteiger partial charge in [0, 0.05) is 11.8 Å². The van der Waals surface area contributed by atoms with Gasteiger partial charge in [-0.2, -0.15) is 0 Å². The number of imide groups is 1. The van der Waals surface area contributed by atoms with Crippen molar-refractivity contribution in [1.82, 2.24) is 0 Å². The predicted molar refractivity (Wildman–Crippen MR) is 125 cm³/mol.